The van der Waals surface area contributed by atoms with Gasteiger partial charge in [-0.1, -0.05) is 49.4 Å². The predicted molar refractivity (Wildman–Crippen MR) is 85.1 cm³/mol. The van der Waals surface area contributed by atoms with E-state index in [4.69, 9.17) is 0 Å². The van der Waals surface area contributed by atoms with Gasteiger partial charge in [-0.05, 0) is 24.6 Å². The lowest BCUT2D eigenvalue weighted by Crippen LogP contribution is -2.28. The van der Waals surface area contributed by atoms with Crippen LogP contribution in [0.4, 0.5) is 0 Å². The molecule has 0 aliphatic rings. The summed E-state index contributed by atoms with van der Waals surface area (Å²) < 4.78 is 2.13. The first-order chi connectivity index (χ1) is 10.1. The largest absolute Gasteiger partial charge is 0.384 e. The van der Waals surface area contributed by atoms with Gasteiger partial charge < -0.3 is 9.67 Å². The summed E-state index contributed by atoms with van der Waals surface area (Å²) in [5.41, 5.74) is 2.06. The second kappa shape index (κ2) is 5.34. The van der Waals surface area contributed by atoms with Crippen LogP contribution in [0, 0.1) is 0 Å². The van der Waals surface area contributed by atoms with E-state index in [1.807, 2.05) is 55.5 Å². The lowest BCUT2D eigenvalue weighted by molar-refractivity contribution is 0.0386. The number of hydrogen-bond donors (Lipinski definition) is 1. The summed E-state index contributed by atoms with van der Waals surface area (Å²) in [5.74, 6) is 1.01. The average molecular weight is 280 g/mol. The van der Waals surface area contributed by atoms with E-state index in [0.717, 1.165) is 28.8 Å². The maximum absolute atomic E-state index is 10.9. The SMILES string of the molecule is CCc1nc2ccccc2n1CC(C)(O)c1ccccc1. The molecule has 3 aromatic rings. The van der Waals surface area contributed by atoms with Gasteiger partial charge in [0.15, 0.2) is 0 Å². The molecule has 3 heteroatoms. The number of fused-ring (bicyclic) bond motifs is 1. The van der Waals surface area contributed by atoms with Crippen LogP contribution in [0.5, 0.6) is 0 Å². The molecule has 1 aromatic heterocycles. The Labute approximate surface area is 124 Å². The molecule has 1 unspecified atom stereocenters. The van der Waals surface area contributed by atoms with Crippen molar-refractivity contribution in [3.05, 3.63) is 66.0 Å². The Bertz CT molecular complexity index is 744. The van der Waals surface area contributed by atoms with E-state index in [9.17, 15) is 5.11 Å². The summed E-state index contributed by atoms with van der Waals surface area (Å²) in [6, 6.07) is 17.9. The Balaban J connectivity index is 2.05. The predicted octanol–water partition coefficient (Wildman–Crippen LogP) is 3.51. The Morgan fingerprint density at radius 1 is 1.05 bits per heavy atom. The lowest BCUT2D eigenvalue weighted by atomic mass is 9.96. The van der Waals surface area contributed by atoms with Gasteiger partial charge in [-0.25, -0.2) is 4.98 Å². The van der Waals surface area contributed by atoms with E-state index in [1.165, 1.54) is 0 Å². The quantitative estimate of drug-likeness (QED) is 0.794. The highest BCUT2D eigenvalue weighted by atomic mass is 16.3. The molecule has 0 amide bonds. The molecule has 2 aromatic carbocycles. The van der Waals surface area contributed by atoms with Crippen molar-refractivity contribution in [2.75, 3.05) is 0 Å². The number of aromatic nitrogens is 2. The molecule has 21 heavy (non-hydrogen) atoms. The Hall–Kier alpha value is -2.13. The number of para-hydroxylation sites is 2. The summed E-state index contributed by atoms with van der Waals surface area (Å²) >= 11 is 0. The Kier molecular flexibility index (Phi) is 3.52. The first-order valence-electron chi connectivity index (χ1n) is 7.34. The van der Waals surface area contributed by atoms with Crippen molar-refractivity contribution in [1.29, 1.82) is 0 Å². The molecule has 1 atom stereocenters. The third-order valence-electron chi connectivity index (χ3n) is 3.91. The molecule has 1 N–H and O–H groups in total. The van der Waals surface area contributed by atoms with Crippen molar-refractivity contribution in [3.63, 3.8) is 0 Å². The second-order valence-electron chi connectivity index (χ2n) is 5.60. The zero-order chi connectivity index (χ0) is 14.9. The molecule has 0 radical (unpaired) electrons. The molecule has 3 rings (SSSR count). The van der Waals surface area contributed by atoms with Crippen molar-refractivity contribution >= 4 is 11.0 Å². The minimum Gasteiger partial charge on any atom is -0.384 e. The summed E-state index contributed by atoms with van der Waals surface area (Å²) in [6.07, 6.45) is 0.847. The van der Waals surface area contributed by atoms with Crippen molar-refractivity contribution in [2.45, 2.75) is 32.4 Å². The van der Waals surface area contributed by atoms with Crippen molar-refractivity contribution < 1.29 is 5.11 Å². The average Bonchev–Trinajstić information content (AvgIpc) is 2.86. The number of benzene rings is 2. The van der Waals surface area contributed by atoms with Crippen LogP contribution in [-0.2, 0) is 18.6 Å². The van der Waals surface area contributed by atoms with Gasteiger partial charge in [0.05, 0.1) is 17.6 Å². The van der Waals surface area contributed by atoms with Gasteiger partial charge in [0.1, 0.15) is 11.4 Å². The minimum atomic E-state index is -0.922. The molecular formula is C18H20N2O. The van der Waals surface area contributed by atoms with Crippen LogP contribution in [0.1, 0.15) is 25.2 Å². The number of aryl methyl sites for hydroxylation is 1. The van der Waals surface area contributed by atoms with Gasteiger partial charge in [-0.15, -0.1) is 0 Å². The van der Waals surface area contributed by atoms with Crippen LogP contribution in [0.3, 0.4) is 0 Å². The van der Waals surface area contributed by atoms with Crippen LogP contribution in [-0.4, -0.2) is 14.7 Å². The monoisotopic (exact) mass is 280 g/mol. The van der Waals surface area contributed by atoms with E-state index >= 15 is 0 Å². The zero-order valence-corrected chi connectivity index (χ0v) is 12.5. The standard InChI is InChI=1S/C18H20N2O/c1-3-17-19-15-11-7-8-12-16(15)20(17)13-18(2,21)14-9-5-4-6-10-14/h4-12,21H,3,13H2,1-2H3. The number of imidazole rings is 1. The fraction of sp³-hybridized carbons (Fsp3) is 0.278. The van der Waals surface area contributed by atoms with Gasteiger partial charge in [-0.3, -0.25) is 0 Å². The fourth-order valence-electron chi connectivity index (χ4n) is 2.77. The van der Waals surface area contributed by atoms with Crippen LogP contribution in [0.15, 0.2) is 54.6 Å². The second-order valence-corrected chi connectivity index (χ2v) is 5.60. The normalized spacial score (nSPS) is 14.2. The number of hydrogen-bond acceptors (Lipinski definition) is 2. The van der Waals surface area contributed by atoms with E-state index in [0.29, 0.717) is 6.54 Å². The Morgan fingerprint density at radius 3 is 2.43 bits per heavy atom. The molecule has 0 fully saturated rings. The lowest BCUT2D eigenvalue weighted by Gasteiger charge is -2.25. The van der Waals surface area contributed by atoms with Crippen molar-refractivity contribution in [2.24, 2.45) is 0 Å². The molecule has 3 nitrogen and oxygen atoms in total. The molecule has 0 saturated carbocycles. The van der Waals surface area contributed by atoms with Gasteiger partial charge in [0.25, 0.3) is 0 Å². The smallest absolute Gasteiger partial charge is 0.109 e. The molecule has 0 bridgehead atoms. The van der Waals surface area contributed by atoms with Crippen LogP contribution in [0.25, 0.3) is 11.0 Å². The third kappa shape index (κ3) is 2.57. The molecule has 108 valence electrons. The maximum atomic E-state index is 10.9. The van der Waals surface area contributed by atoms with Gasteiger partial charge in [-0.2, -0.15) is 0 Å². The third-order valence-corrected chi connectivity index (χ3v) is 3.91. The highest BCUT2D eigenvalue weighted by Crippen LogP contribution is 2.26. The highest BCUT2D eigenvalue weighted by molar-refractivity contribution is 5.75. The van der Waals surface area contributed by atoms with Crippen molar-refractivity contribution in [1.82, 2.24) is 9.55 Å². The van der Waals surface area contributed by atoms with E-state index < -0.39 is 5.60 Å². The number of rotatable bonds is 4. The Morgan fingerprint density at radius 2 is 1.71 bits per heavy atom. The minimum absolute atomic E-state index is 0.501. The van der Waals surface area contributed by atoms with E-state index in [1.54, 1.807) is 0 Å². The number of aliphatic hydroxyl groups is 1. The van der Waals surface area contributed by atoms with Gasteiger partial charge >= 0.3 is 0 Å². The maximum Gasteiger partial charge on any atom is 0.109 e. The molecule has 0 saturated heterocycles. The first kappa shape index (κ1) is 13.8. The molecule has 0 aliphatic carbocycles. The summed E-state index contributed by atoms with van der Waals surface area (Å²) in [5, 5.41) is 10.9. The van der Waals surface area contributed by atoms with E-state index in [2.05, 4.69) is 22.5 Å². The van der Waals surface area contributed by atoms with Crippen molar-refractivity contribution in [3.8, 4) is 0 Å². The molecule has 0 aliphatic heterocycles. The topological polar surface area (TPSA) is 38.0 Å². The van der Waals surface area contributed by atoms with E-state index in [-0.39, 0.29) is 0 Å². The molecule has 1 heterocycles. The van der Waals surface area contributed by atoms with Crippen LogP contribution < -0.4 is 0 Å². The zero-order valence-electron chi connectivity index (χ0n) is 12.5. The fourth-order valence-corrected chi connectivity index (χ4v) is 2.77. The first-order valence-corrected chi connectivity index (χ1v) is 7.34. The number of nitrogens with zero attached hydrogens (tertiary/aromatic N) is 2. The van der Waals surface area contributed by atoms with Gasteiger partial charge in [0, 0.05) is 6.42 Å². The summed E-state index contributed by atoms with van der Waals surface area (Å²) in [7, 11) is 0. The summed E-state index contributed by atoms with van der Waals surface area (Å²) in [6.45, 7) is 4.45. The van der Waals surface area contributed by atoms with Crippen LogP contribution >= 0.6 is 0 Å². The molecular weight excluding hydrogens is 260 g/mol. The highest BCUT2D eigenvalue weighted by Gasteiger charge is 2.25. The van der Waals surface area contributed by atoms with Crippen LogP contribution in [0.2, 0.25) is 0 Å². The van der Waals surface area contributed by atoms with Gasteiger partial charge in [0.2, 0.25) is 0 Å². The molecule has 0 spiro atoms. The summed E-state index contributed by atoms with van der Waals surface area (Å²) in [4.78, 5) is 4.66.